The number of carbonyl (C=O) groups is 1. The Balaban J connectivity index is 1.36. The number of nitrogens with zero attached hydrogens (tertiary/aromatic N) is 3. The van der Waals surface area contributed by atoms with Crippen LogP contribution in [-0.2, 0) is 16.7 Å². The number of alkyl halides is 3. The number of carbonyl (C=O) groups excluding carboxylic acids is 1. The third-order valence-corrected chi connectivity index (χ3v) is 8.31. The van der Waals surface area contributed by atoms with E-state index in [0.717, 1.165) is 24.5 Å². The van der Waals surface area contributed by atoms with Gasteiger partial charge in [0.2, 0.25) is 5.89 Å². The van der Waals surface area contributed by atoms with Crippen LogP contribution in [0.4, 0.5) is 13.2 Å². The van der Waals surface area contributed by atoms with E-state index in [1.807, 2.05) is 19.1 Å². The number of nitrogens with two attached hydrogens (primary N) is 2. The van der Waals surface area contributed by atoms with E-state index in [0.29, 0.717) is 13.1 Å². The second kappa shape index (κ2) is 10.9. The van der Waals surface area contributed by atoms with Gasteiger partial charge in [-0.05, 0) is 50.3 Å². The summed E-state index contributed by atoms with van der Waals surface area (Å²) >= 11 is 0. The van der Waals surface area contributed by atoms with Crippen LogP contribution in [0.5, 0.6) is 0 Å². The number of dihydropyridines is 1. The first-order valence-corrected chi connectivity index (χ1v) is 13.6. The zero-order chi connectivity index (χ0) is 29.5. The van der Waals surface area contributed by atoms with Crippen molar-refractivity contribution < 1.29 is 27.1 Å². The molecule has 3 unspecified atom stereocenters. The highest BCUT2D eigenvalue weighted by atomic mass is 19.4. The minimum Gasteiger partial charge on any atom is -0.495 e. The number of aromatic nitrogens is 1. The number of ether oxygens (including phenoxy) is 1. The van der Waals surface area contributed by atoms with Crippen molar-refractivity contribution >= 4 is 11.6 Å². The average Bonchev–Trinajstić information content (AvgIpc) is 3.42. The summed E-state index contributed by atoms with van der Waals surface area (Å²) in [6.07, 6.45) is 2.54. The molecule has 3 aliphatic rings. The molecule has 0 saturated carbocycles. The molecular weight excluding hydrogens is 535 g/mol. The van der Waals surface area contributed by atoms with Crippen molar-refractivity contribution in [3.63, 3.8) is 0 Å². The molecule has 2 aliphatic heterocycles. The van der Waals surface area contributed by atoms with Crippen molar-refractivity contribution in [1.82, 2.24) is 9.88 Å². The summed E-state index contributed by atoms with van der Waals surface area (Å²) in [5.74, 6) is -0.124. The minimum atomic E-state index is -4.61. The molecular formula is C30H34F3N5O3. The summed E-state index contributed by atoms with van der Waals surface area (Å²) in [5.41, 5.74) is 12.9. The maximum atomic E-state index is 13.6. The summed E-state index contributed by atoms with van der Waals surface area (Å²) in [6.45, 7) is 4.77. The molecule has 3 atom stereocenters. The number of amides is 1. The number of halogens is 3. The summed E-state index contributed by atoms with van der Waals surface area (Å²) in [5, 5.41) is 0. The number of aliphatic imine (C=N–C) groups is 1. The molecule has 5 rings (SSSR count). The first kappa shape index (κ1) is 28.8. The number of oxazole rings is 1. The Morgan fingerprint density at radius 1 is 1.22 bits per heavy atom. The van der Waals surface area contributed by atoms with Gasteiger partial charge in [-0.3, -0.25) is 4.79 Å². The second-order valence-corrected chi connectivity index (χ2v) is 11.0. The van der Waals surface area contributed by atoms with Gasteiger partial charge in [0.15, 0.2) is 11.5 Å². The van der Waals surface area contributed by atoms with Crippen molar-refractivity contribution in [3.8, 4) is 0 Å². The van der Waals surface area contributed by atoms with E-state index in [1.54, 1.807) is 24.0 Å². The normalized spacial score (nSPS) is 23.9. The van der Waals surface area contributed by atoms with Gasteiger partial charge in [-0.15, -0.1) is 0 Å². The number of likely N-dealkylation sites (tertiary alicyclic amines) is 1. The van der Waals surface area contributed by atoms with Gasteiger partial charge in [-0.1, -0.05) is 42.0 Å². The van der Waals surface area contributed by atoms with Gasteiger partial charge < -0.3 is 25.5 Å². The summed E-state index contributed by atoms with van der Waals surface area (Å²) < 4.78 is 51.6. The van der Waals surface area contributed by atoms with Crippen LogP contribution in [0.3, 0.4) is 0 Å². The Hall–Kier alpha value is -3.70. The lowest BCUT2D eigenvalue weighted by Crippen LogP contribution is -2.41. The fraction of sp³-hybridized carbons (Fsp3) is 0.433. The number of hydrogen-bond donors (Lipinski definition) is 2. The number of methoxy groups -OCH3 is 1. The Kier molecular flexibility index (Phi) is 7.69. The molecule has 0 bridgehead atoms. The number of hydrogen-bond acceptors (Lipinski definition) is 7. The molecule has 0 spiro atoms. The van der Waals surface area contributed by atoms with E-state index in [9.17, 15) is 18.0 Å². The first-order valence-electron chi connectivity index (χ1n) is 13.6. The highest BCUT2D eigenvalue weighted by molar-refractivity contribution is 6.01. The summed E-state index contributed by atoms with van der Waals surface area (Å²) in [6, 6.07) is 8.08. The number of fused-ring (bicyclic) bond motifs is 1. The van der Waals surface area contributed by atoms with Gasteiger partial charge in [-0.25, -0.2) is 9.98 Å². The molecule has 8 nitrogen and oxygen atoms in total. The van der Waals surface area contributed by atoms with Gasteiger partial charge >= 0.3 is 6.18 Å². The SMILES string of the molecule is COC1=C2N=C(C(F)(F)F)C=CC2C(C)(c2nc(C(=O)N3CCC(C(N)c4ccc(C)cc4)CC3)c(CN)o2)C=C1. The van der Waals surface area contributed by atoms with Crippen LogP contribution in [0, 0.1) is 18.8 Å². The van der Waals surface area contributed by atoms with Crippen LogP contribution in [0.15, 0.2) is 69.4 Å². The molecule has 1 amide bonds. The van der Waals surface area contributed by atoms with Crippen LogP contribution in [-0.4, -0.2) is 47.9 Å². The Labute approximate surface area is 236 Å². The zero-order valence-corrected chi connectivity index (χ0v) is 23.2. The quantitative estimate of drug-likeness (QED) is 0.512. The average molecular weight is 570 g/mol. The van der Waals surface area contributed by atoms with Gasteiger partial charge in [0.25, 0.3) is 5.91 Å². The number of rotatable bonds is 6. The van der Waals surface area contributed by atoms with Crippen LogP contribution in [0.1, 0.15) is 59.1 Å². The minimum absolute atomic E-state index is 0.0640. The molecule has 41 heavy (non-hydrogen) atoms. The molecule has 1 aromatic carbocycles. The molecule has 0 radical (unpaired) electrons. The fourth-order valence-corrected chi connectivity index (χ4v) is 5.74. The largest absolute Gasteiger partial charge is 0.495 e. The van der Waals surface area contributed by atoms with Crippen LogP contribution < -0.4 is 11.5 Å². The maximum Gasteiger partial charge on any atom is 0.433 e. The van der Waals surface area contributed by atoms with Crippen molar-refractivity contribution in [2.24, 2.45) is 28.3 Å². The Bertz CT molecular complexity index is 1430. The lowest BCUT2D eigenvalue weighted by Gasteiger charge is -2.36. The molecule has 4 N–H and O–H groups in total. The molecule has 2 aromatic rings. The number of aryl methyl sites for hydroxylation is 1. The molecule has 1 fully saturated rings. The smallest absolute Gasteiger partial charge is 0.433 e. The predicted molar refractivity (Wildman–Crippen MR) is 148 cm³/mol. The van der Waals surface area contributed by atoms with E-state index in [4.69, 9.17) is 20.6 Å². The second-order valence-electron chi connectivity index (χ2n) is 11.0. The lowest BCUT2D eigenvalue weighted by atomic mass is 9.71. The van der Waals surface area contributed by atoms with Crippen LogP contribution in [0.25, 0.3) is 0 Å². The molecule has 3 heterocycles. The highest BCUT2D eigenvalue weighted by Gasteiger charge is 2.47. The lowest BCUT2D eigenvalue weighted by molar-refractivity contribution is -0.0579. The number of allylic oxidation sites excluding steroid dienone is 4. The van der Waals surface area contributed by atoms with E-state index in [2.05, 4.69) is 22.1 Å². The molecule has 218 valence electrons. The van der Waals surface area contributed by atoms with Crippen LogP contribution in [0.2, 0.25) is 0 Å². The van der Waals surface area contributed by atoms with Crippen LogP contribution >= 0.6 is 0 Å². The van der Waals surface area contributed by atoms with Crippen molar-refractivity contribution in [1.29, 1.82) is 0 Å². The van der Waals surface area contributed by atoms with E-state index < -0.39 is 23.2 Å². The first-order chi connectivity index (χ1) is 19.5. The Morgan fingerprint density at radius 2 is 1.90 bits per heavy atom. The standard InChI is InChI=1S/C30H34F3N5O3/c1-17-4-6-18(7-5-17)24(35)19-11-14-38(15-12-19)27(39)26-22(16-34)41-28(37-26)29(2)13-10-21(40-3)25-20(29)8-9-23(36-25)30(31,32)33/h4-10,13,19-20,24H,11-12,14-16,34-35H2,1-3H3. The maximum absolute atomic E-state index is 13.6. The van der Waals surface area contributed by atoms with E-state index in [1.165, 1.54) is 18.7 Å². The molecule has 1 saturated heterocycles. The topological polar surface area (TPSA) is 120 Å². The molecule has 11 heteroatoms. The van der Waals surface area contributed by atoms with Crippen molar-refractivity contribution in [3.05, 3.63) is 88.5 Å². The fourth-order valence-electron chi connectivity index (χ4n) is 5.74. The Morgan fingerprint density at radius 3 is 2.51 bits per heavy atom. The third kappa shape index (κ3) is 5.36. The van der Waals surface area contributed by atoms with Gasteiger partial charge in [0.05, 0.1) is 24.8 Å². The van der Waals surface area contributed by atoms with Crippen molar-refractivity contribution in [2.45, 2.75) is 50.9 Å². The highest BCUT2D eigenvalue weighted by Crippen LogP contribution is 2.46. The van der Waals surface area contributed by atoms with Gasteiger partial charge in [-0.2, -0.15) is 13.2 Å². The summed E-state index contributed by atoms with van der Waals surface area (Å²) in [7, 11) is 1.37. The molecule has 1 aliphatic carbocycles. The predicted octanol–water partition coefficient (Wildman–Crippen LogP) is 4.87. The summed E-state index contributed by atoms with van der Waals surface area (Å²) in [4.78, 5) is 23.8. The van der Waals surface area contributed by atoms with Gasteiger partial charge in [0.1, 0.15) is 11.5 Å². The van der Waals surface area contributed by atoms with Gasteiger partial charge in [0, 0.05) is 25.0 Å². The number of benzene rings is 1. The molecule has 1 aromatic heterocycles. The van der Waals surface area contributed by atoms with E-state index in [-0.39, 0.29) is 53.2 Å². The third-order valence-electron chi connectivity index (χ3n) is 8.31. The van der Waals surface area contributed by atoms with E-state index >= 15 is 0 Å². The van der Waals surface area contributed by atoms with Crippen molar-refractivity contribution in [2.75, 3.05) is 20.2 Å². The monoisotopic (exact) mass is 569 g/mol. The number of piperidine rings is 1. The zero-order valence-electron chi connectivity index (χ0n) is 23.2.